The quantitative estimate of drug-likeness (QED) is 0.130. The van der Waals surface area contributed by atoms with Gasteiger partial charge in [0.2, 0.25) is 0 Å². The molecule has 7 aromatic carbocycles. The molecule has 0 atom stereocenters. The summed E-state index contributed by atoms with van der Waals surface area (Å²) in [7, 11) is 0. The lowest BCUT2D eigenvalue weighted by Gasteiger charge is -2.09. The SMILES string of the molecule is C=C(/N=C(\N=C(/C)c1ccc2c(c1)oc1cc(-n3c4ccccc4c4ccc(-c5ccccc5)cc43)ccc12)c1ccccc1)c1ccccc1. The molecule has 2 aromatic heterocycles. The molecule has 242 valence electrons. The monoisotopic (exact) mass is 655 g/mol. The fourth-order valence-corrected chi connectivity index (χ4v) is 6.98. The van der Waals surface area contributed by atoms with Crippen LogP contribution < -0.4 is 0 Å². The van der Waals surface area contributed by atoms with Crippen LogP contribution in [0.5, 0.6) is 0 Å². The molecule has 0 saturated heterocycles. The second-order valence-electron chi connectivity index (χ2n) is 12.8. The molecule has 0 aliphatic carbocycles. The summed E-state index contributed by atoms with van der Waals surface area (Å²) in [4.78, 5) is 9.93. The first kappa shape index (κ1) is 30.3. The molecule has 0 aliphatic rings. The molecule has 51 heavy (non-hydrogen) atoms. The topological polar surface area (TPSA) is 42.8 Å². The fourth-order valence-electron chi connectivity index (χ4n) is 6.98. The van der Waals surface area contributed by atoms with Crippen molar-refractivity contribution in [1.29, 1.82) is 0 Å². The van der Waals surface area contributed by atoms with Crippen molar-refractivity contribution in [3.63, 3.8) is 0 Å². The van der Waals surface area contributed by atoms with Crippen LogP contribution >= 0.6 is 0 Å². The van der Waals surface area contributed by atoms with Gasteiger partial charge in [0, 0.05) is 44.6 Å². The number of hydrogen-bond acceptors (Lipinski definition) is 2. The van der Waals surface area contributed by atoms with Crippen molar-refractivity contribution in [2.24, 2.45) is 9.98 Å². The molecule has 0 radical (unpaired) electrons. The van der Waals surface area contributed by atoms with Crippen LogP contribution in [0, 0.1) is 0 Å². The van der Waals surface area contributed by atoms with Crippen molar-refractivity contribution in [2.45, 2.75) is 6.92 Å². The minimum Gasteiger partial charge on any atom is -0.456 e. The second-order valence-corrected chi connectivity index (χ2v) is 12.8. The van der Waals surface area contributed by atoms with E-state index in [-0.39, 0.29) is 0 Å². The molecule has 0 fully saturated rings. The van der Waals surface area contributed by atoms with Crippen LogP contribution in [0.3, 0.4) is 0 Å². The van der Waals surface area contributed by atoms with Crippen LogP contribution in [0.1, 0.15) is 23.6 Å². The summed E-state index contributed by atoms with van der Waals surface area (Å²) in [5.74, 6) is 0.609. The van der Waals surface area contributed by atoms with Crippen molar-refractivity contribution in [1.82, 2.24) is 4.57 Å². The van der Waals surface area contributed by atoms with Gasteiger partial charge in [0.05, 0.1) is 16.7 Å². The average Bonchev–Trinajstić information content (AvgIpc) is 3.73. The standard InChI is InChI=1S/C47H33N3O/c1-31(33-14-6-3-7-15-33)48-47(35-18-10-5-11-19-35)49-32(2)36-22-26-41-42-27-24-38(30-46(42)51-45(41)29-36)50-43-21-13-12-20-39(43)40-25-23-37(28-44(40)50)34-16-8-4-9-17-34/h3-30H,1H2,2H3/b48-47-,49-32+. The summed E-state index contributed by atoms with van der Waals surface area (Å²) in [5, 5.41) is 4.59. The van der Waals surface area contributed by atoms with E-state index in [1.807, 2.05) is 67.6 Å². The van der Waals surface area contributed by atoms with Gasteiger partial charge in [-0.3, -0.25) is 0 Å². The highest BCUT2D eigenvalue weighted by Gasteiger charge is 2.16. The van der Waals surface area contributed by atoms with Gasteiger partial charge >= 0.3 is 0 Å². The predicted molar refractivity (Wildman–Crippen MR) is 214 cm³/mol. The molecule has 0 amide bonds. The Morgan fingerprint density at radius 1 is 0.490 bits per heavy atom. The zero-order valence-corrected chi connectivity index (χ0v) is 28.1. The minimum atomic E-state index is 0.609. The van der Waals surface area contributed by atoms with Crippen molar-refractivity contribution in [3.05, 3.63) is 193 Å². The summed E-state index contributed by atoms with van der Waals surface area (Å²) in [6, 6.07) is 58.8. The average molecular weight is 656 g/mol. The van der Waals surface area contributed by atoms with Gasteiger partial charge in [0.15, 0.2) is 5.84 Å². The molecular weight excluding hydrogens is 623 g/mol. The maximum absolute atomic E-state index is 6.60. The summed E-state index contributed by atoms with van der Waals surface area (Å²) in [6.07, 6.45) is 0. The smallest absolute Gasteiger partial charge is 0.160 e. The number of furan rings is 1. The molecule has 0 spiro atoms. The molecule has 9 aromatic rings. The lowest BCUT2D eigenvalue weighted by Crippen LogP contribution is -2.04. The third kappa shape index (κ3) is 5.53. The fraction of sp³-hybridized carbons (Fsp3) is 0.0213. The van der Waals surface area contributed by atoms with E-state index in [0.29, 0.717) is 11.5 Å². The first-order valence-corrected chi connectivity index (χ1v) is 17.1. The zero-order valence-electron chi connectivity index (χ0n) is 28.1. The Morgan fingerprint density at radius 2 is 1.10 bits per heavy atom. The molecule has 2 heterocycles. The Balaban J connectivity index is 1.13. The summed E-state index contributed by atoms with van der Waals surface area (Å²) >= 11 is 0. The van der Waals surface area contributed by atoms with Gasteiger partial charge in [-0.25, -0.2) is 9.98 Å². The number of hydrogen-bond donors (Lipinski definition) is 0. The van der Waals surface area contributed by atoms with Crippen molar-refractivity contribution in [2.75, 3.05) is 0 Å². The number of rotatable bonds is 6. The Labute approximate surface area is 296 Å². The molecular formula is C47H33N3O. The zero-order chi connectivity index (χ0) is 34.3. The van der Waals surface area contributed by atoms with Crippen LogP contribution in [-0.4, -0.2) is 16.1 Å². The normalized spacial score (nSPS) is 12.3. The van der Waals surface area contributed by atoms with E-state index in [4.69, 9.17) is 14.4 Å². The van der Waals surface area contributed by atoms with Crippen molar-refractivity contribution < 1.29 is 4.42 Å². The van der Waals surface area contributed by atoms with Gasteiger partial charge in [0.1, 0.15) is 11.2 Å². The number of para-hydroxylation sites is 1. The van der Waals surface area contributed by atoms with E-state index < -0.39 is 0 Å². The molecule has 0 aliphatic heterocycles. The molecule has 0 unspecified atom stereocenters. The minimum absolute atomic E-state index is 0.609. The van der Waals surface area contributed by atoms with Gasteiger partial charge in [0.25, 0.3) is 0 Å². The Bertz CT molecular complexity index is 2800. The Kier molecular flexibility index (Phi) is 7.48. The Morgan fingerprint density at radius 3 is 1.86 bits per heavy atom. The van der Waals surface area contributed by atoms with Gasteiger partial charge in [-0.1, -0.05) is 134 Å². The van der Waals surface area contributed by atoms with E-state index in [9.17, 15) is 0 Å². The first-order chi connectivity index (χ1) is 25.1. The molecule has 0 bridgehead atoms. The summed E-state index contributed by atoms with van der Waals surface area (Å²) in [6.45, 7) is 6.25. The highest BCUT2D eigenvalue weighted by Crippen LogP contribution is 2.37. The third-order valence-electron chi connectivity index (χ3n) is 9.57. The van der Waals surface area contributed by atoms with Crippen LogP contribution in [-0.2, 0) is 0 Å². The summed E-state index contributed by atoms with van der Waals surface area (Å²) < 4.78 is 8.95. The predicted octanol–water partition coefficient (Wildman–Crippen LogP) is 12.3. The summed E-state index contributed by atoms with van der Waals surface area (Å²) in [5.41, 5.74) is 11.8. The number of fused-ring (bicyclic) bond motifs is 6. The van der Waals surface area contributed by atoms with Crippen LogP contribution in [0.25, 0.3) is 66.3 Å². The van der Waals surface area contributed by atoms with Crippen LogP contribution in [0.2, 0.25) is 0 Å². The third-order valence-corrected chi connectivity index (χ3v) is 9.57. The van der Waals surface area contributed by atoms with Crippen molar-refractivity contribution in [3.8, 4) is 16.8 Å². The number of benzene rings is 7. The molecule has 0 saturated carbocycles. The molecule has 4 nitrogen and oxygen atoms in total. The van der Waals surface area contributed by atoms with E-state index in [0.717, 1.165) is 61.1 Å². The highest BCUT2D eigenvalue weighted by atomic mass is 16.3. The number of amidine groups is 1. The maximum atomic E-state index is 6.60. The van der Waals surface area contributed by atoms with Crippen LogP contribution in [0.4, 0.5) is 0 Å². The lowest BCUT2D eigenvalue weighted by molar-refractivity contribution is 0.668. The number of nitrogens with zero attached hydrogens (tertiary/aromatic N) is 3. The number of aliphatic imine (C=N–C) groups is 2. The van der Waals surface area contributed by atoms with Gasteiger partial charge in [-0.15, -0.1) is 0 Å². The van der Waals surface area contributed by atoms with Crippen LogP contribution in [0.15, 0.2) is 191 Å². The number of aromatic nitrogens is 1. The highest BCUT2D eigenvalue weighted by molar-refractivity contribution is 6.15. The lowest BCUT2D eigenvalue weighted by atomic mass is 10.0. The Hall–Kier alpha value is -6.78. The maximum Gasteiger partial charge on any atom is 0.160 e. The molecule has 0 N–H and O–H groups in total. The van der Waals surface area contributed by atoms with E-state index >= 15 is 0 Å². The second kappa shape index (κ2) is 12.6. The first-order valence-electron chi connectivity index (χ1n) is 17.1. The van der Waals surface area contributed by atoms with E-state index in [1.165, 1.54) is 21.9 Å². The van der Waals surface area contributed by atoms with Gasteiger partial charge in [-0.05, 0) is 65.6 Å². The van der Waals surface area contributed by atoms with E-state index in [2.05, 4.69) is 120 Å². The molecule has 9 rings (SSSR count). The van der Waals surface area contributed by atoms with E-state index in [1.54, 1.807) is 0 Å². The van der Waals surface area contributed by atoms with Crippen molar-refractivity contribution >= 4 is 61.0 Å². The van der Waals surface area contributed by atoms with Gasteiger partial charge in [-0.2, -0.15) is 0 Å². The molecule has 4 heteroatoms. The largest absolute Gasteiger partial charge is 0.456 e. The van der Waals surface area contributed by atoms with Gasteiger partial charge < -0.3 is 8.98 Å².